The lowest BCUT2D eigenvalue weighted by Crippen LogP contribution is -2.43. The van der Waals surface area contributed by atoms with Crippen LogP contribution >= 0.6 is 22.9 Å². The number of nitrogens with one attached hydrogen (secondary N) is 1. The predicted octanol–water partition coefficient (Wildman–Crippen LogP) is 5.40. The summed E-state index contributed by atoms with van der Waals surface area (Å²) in [6, 6.07) is 14.4. The molecule has 166 valence electrons. The number of rotatable bonds is 4. The fraction of sp³-hybridized carbons (Fsp3) is 0.333. The summed E-state index contributed by atoms with van der Waals surface area (Å²) in [7, 11) is 0. The molecule has 0 bridgehead atoms. The van der Waals surface area contributed by atoms with E-state index < -0.39 is 6.04 Å². The van der Waals surface area contributed by atoms with Gasteiger partial charge in [0, 0.05) is 22.7 Å². The lowest BCUT2D eigenvalue weighted by molar-refractivity contribution is -0.119. The van der Waals surface area contributed by atoms with Crippen molar-refractivity contribution in [2.75, 3.05) is 11.9 Å². The van der Waals surface area contributed by atoms with E-state index in [1.54, 1.807) is 17.0 Å². The minimum absolute atomic E-state index is 0.0181. The van der Waals surface area contributed by atoms with Gasteiger partial charge >= 0.3 is 0 Å². The summed E-state index contributed by atoms with van der Waals surface area (Å²) in [5, 5.41) is 12.8. The summed E-state index contributed by atoms with van der Waals surface area (Å²) in [6.45, 7) is 6.97. The van der Waals surface area contributed by atoms with E-state index in [-0.39, 0.29) is 17.2 Å². The molecule has 1 N–H and O–H groups in total. The van der Waals surface area contributed by atoms with Crippen LogP contribution in [-0.4, -0.2) is 39.5 Å². The van der Waals surface area contributed by atoms with Crippen LogP contribution in [0.3, 0.4) is 0 Å². The summed E-state index contributed by atoms with van der Waals surface area (Å²) in [6.07, 6.45) is 1.41. The SMILES string of the molecule is CC(C)(C)c1ccc(C(=O)N2CCCC2C(=O)Nc2nnc(-c3ccc(Cl)cc3)s2)cc1. The van der Waals surface area contributed by atoms with Crippen LogP contribution in [0.4, 0.5) is 5.13 Å². The highest BCUT2D eigenvalue weighted by atomic mass is 35.5. The lowest BCUT2D eigenvalue weighted by atomic mass is 9.86. The number of halogens is 1. The average molecular weight is 469 g/mol. The first-order valence-electron chi connectivity index (χ1n) is 10.5. The van der Waals surface area contributed by atoms with Gasteiger partial charge in [0.1, 0.15) is 11.0 Å². The molecule has 1 saturated heterocycles. The average Bonchev–Trinajstić information content (AvgIpc) is 3.43. The smallest absolute Gasteiger partial charge is 0.254 e. The number of carbonyl (C=O) groups excluding carboxylic acids is 2. The zero-order valence-corrected chi connectivity index (χ0v) is 19.8. The van der Waals surface area contributed by atoms with Gasteiger partial charge in [-0.15, -0.1) is 10.2 Å². The standard InChI is InChI=1S/C24H25ClN4O2S/c1-24(2,3)17-10-6-16(7-11-17)22(31)29-14-4-5-19(29)20(30)26-23-28-27-21(32-23)15-8-12-18(25)13-9-15/h6-13,19H,4-5,14H2,1-3H3,(H,26,28,30). The van der Waals surface area contributed by atoms with E-state index >= 15 is 0 Å². The molecule has 4 rings (SSSR count). The van der Waals surface area contributed by atoms with Crippen molar-refractivity contribution in [3.63, 3.8) is 0 Å². The third-order valence-electron chi connectivity index (χ3n) is 5.56. The molecule has 32 heavy (non-hydrogen) atoms. The topological polar surface area (TPSA) is 75.2 Å². The molecule has 1 aliphatic rings. The highest BCUT2D eigenvalue weighted by Crippen LogP contribution is 2.29. The van der Waals surface area contributed by atoms with E-state index in [4.69, 9.17) is 11.6 Å². The van der Waals surface area contributed by atoms with E-state index in [9.17, 15) is 9.59 Å². The Hall–Kier alpha value is -2.77. The van der Waals surface area contributed by atoms with E-state index in [0.717, 1.165) is 17.5 Å². The molecular weight excluding hydrogens is 444 g/mol. The second kappa shape index (κ2) is 9.00. The maximum absolute atomic E-state index is 13.1. The van der Waals surface area contributed by atoms with Crippen molar-refractivity contribution < 1.29 is 9.59 Å². The first-order chi connectivity index (χ1) is 15.2. The number of aromatic nitrogens is 2. The molecule has 0 radical (unpaired) electrons. The molecule has 1 unspecified atom stereocenters. The van der Waals surface area contributed by atoms with Gasteiger partial charge in [-0.1, -0.05) is 68.0 Å². The molecular formula is C24H25ClN4O2S. The molecule has 8 heteroatoms. The van der Waals surface area contributed by atoms with Crippen LogP contribution in [0, 0.1) is 0 Å². The van der Waals surface area contributed by atoms with Crippen LogP contribution in [0.25, 0.3) is 10.6 Å². The Bertz CT molecular complexity index is 1120. The fourth-order valence-corrected chi connectivity index (χ4v) is 4.61. The molecule has 2 heterocycles. The number of amides is 2. The van der Waals surface area contributed by atoms with E-state index in [1.165, 1.54) is 11.3 Å². The zero-order chi connectivity index (χ0) is 22.9. The number of anilines is 1. The van der Waals surface area contributed by atoms with Gasteiger partial charge in [0.15, 0.2) is 0 Å². The van der Waals surface area contributed by atoms with Crippen molar-refractivity contribution in [1.82, 2.24) is 15.1 Å². The van der Waals surface area contributed by atoms with Crippen LogP contribution in [0.2, 0.25) is 5.02 Å². The van der Waals surface area contributed by atoms with Crippen molar-refractivity contribution in [3.05, 3.63) is 64.7 Å². The molecule has 1 aliphatic heterocycles. The third-order valence-corrected chi connectivity index (χ3v) is 6.70. The van der Waals surface area contributed by atoms with Crippen LogP contribution in [0.5, 0.6) is 0 Å². The summed E-state index contributed by atoms with van der Waals surface area (Å²) in [4.78, 5) is 27.7. The molecule has 1 atom stereocenters. The first-order valence-corrected chi connectivity index (χ1v) is 11.7. The van der Waals surface area contributed by atoms with Crippen LogP contribution < -0.4 is 5.32 Å². The summed E-state index contributed by atoms with van der Waals surface area (Å²) >= 11 is 7.22. The van der Waals surface area contributed by atoms with Gasteiger partial charge in [-0.05, 0) is 48.1 Å². The number of hydrogen-bond acceptors (Lipinski definition) is 5. The van der Waals surface area contributed by atoms with Crippen molar-refractivity contribution in [2.45, 2.75) is 45.1 Å². The summed E-state index contributed by atoms with van der Waals surface area (Å²) in [5.74, 6) is -0.358. The Morgan fingerprint density at radius 3 is 2.41 bits per heavy atom. The van der Waals surface area contributed by atoms with Gasteiger partial charge in [0.05, 0.1) is 0 Å². The van der Waals surface area contributed by atoms with Crippen LogP contribution in [0.1, 0.15) is 49.5 Å². The quantitative estimate of drug-likeness (QED) is 0.556. The minimum Gasteiger partial charge on any atom is -0.327 e. The van der Waals surface area contributed by atoms with Crippen molar-refractivity contribution in [3.8, 4) is 10.6 Å². The largest absolute Gasteiger partial charge is 0.327 e. The molecule has 0 saturated carbocycles. The normalized spacial score (nSPS) is 16.2. The number of carbonyl (C=O) groups is 2. The van der Waals surface area contributed by atoms with Crippen molar-refractivity contribution in [1.29, 1.82) is 0 Å². The van der Waals surface area contributed by atoms with Gasteiger partial charge in [0.25, 0.3) is 5.91 Å². The molecule has 2 aromatic carbocycles. The Morgan fingerprint density at radius 1 is 1.06 bits per heavy atom. The lowest BCUT2D eigenvalue weighted by Gasteiger charge is -2.24. The molecule has 0 aliphatic carbocycles. The summed E-state index contributed by atoms with van der Waals surface area (Å²) < 4.78 is 0. The van der Waals surface area contributed by atoms with Crippen LogP contribution in [0.15, 0.2) is 48.5 Å². The fourth-order valence-electron chi connectivity index (χ4n) is 3.73. The number of hydrogen-bond donors (Lipinski definition) is 1. The molecule has 3 aromatic rings. The maximum Gasteiger partial charge on any atom is 0.254 e. The van der Waals surface area contributed by atoms with Gasteiger partial charge in [-0.25, -0.2) is 0 Å². The number of likely N-dealkylation sites (tertiary alicyclic amines) is 1. The molecule has 2 amide bonds. The predicted molar refractivity (Wildman–Crippen MR) is 128 cm³/mol. The molecule has 0 spiro atoms. The van der Waals surface area contributed by atoms with Crippen molar-refractivity contribution in [2.24, 2.45) is 0 Å². The van der Waals surface area contributed by atoms with Gasteiger partial charge in [-0.3, -0.25) is 14.9 Å². The second-order valence-corrected chi connectivity index (χ2v) is 10.3. The first kappa shape index (κ1) is 22.4. The Balaban J connectivity index is 1.44. The molecule has 6 nitrogen and oxygen atoms in total. The molecule has 1 fully saturated rings. The van der Waals surface area contributed by atoms with E-state index in [0.29, 0.717) is 33.7 Å². The maximum atomic E-state index is 13.1. The second-order valence-electron chi connectivity index (χ2n) is 8.89. The van der Waals surface area contributed by atoms with Gasteiger partial charge in [0.2, 0.25) is 11.0 Å². The highest BCUT2D eigenvalue weighted by Gasteiger charge is 2.35. The van der Waals surface area contributed by atoms with Crippen LogP contribution in [-0.2, 0) is 10.2 Å². The molecule has 1 aromatic heterocycles. The Kier molecular flexibility index (Phi) is 6.31. The number of benzene rings is 2. The van der Waals surface area contributed by atoms with Gasteiger partial charge < -0.3 is 4.90 Å². The van der Waals surface area contributed by atoms with E-state index in [2.05, 4.69) is 36.3 Å². The summed E-state index contributed by atoms with van der Waals surface area (Å²) in [5.41, 5.74) is 2.66. The van der Waals surface area contributed by atoms with Gasteiger partial charge in [-0.2, -0.15) is 0 Å². The zero-order valence-electron chi connectivity index (χ0n) is 18.3. The third kappa shape index (κ3) is 4.84. The Morgan fingerprint density at radius 2 is 1.75 bits per heavy atom. The Labute approximate surface area is 196 Å². The monoisotopic (exact) mass is 468 g/mol. The highest BCUT2D eigenvalue weighted by molar-refractivity contribution is 7.18. The van der Waals surface area contributed by atoms with E-state index in [1.807, 2.05) is 36.4 Å². The van der Waals surface area contributed by atoms with Crippen molar-refractivity contribution >= 4 is 39.9 Å². The number of nitrogens with zero attached hydrogens (tertiary/aromatic N) is 3. The minimum atomic E-state index is -0.521.